The van der Waals surface area contributed by atoms with E-state index in [-0.39, 0.29) is 12.6 Å². The summed E-state index contributed by atoms with van der Waals surface area (Å²) in [5.74, 6) is -2.29. The highest BCUT2D eigenvalue weighted by Gasteiger charge is 2.44. The fourth-order valence-corrected chi connectivity index (χ4v) is 2.88. The molecule has 1 aliphatic rings. The van der Waals surface area contributed by atoms with Crippen molar-refractivity contribution in [3.63, 3.8) is 0 Å². The smallest absolute Gasteiger partial charge is 0.334 e. The van der Waals surface area contributed by atoms with Gasteiger partial charge in [-0.3, -0.25) is 19.3 Å². The van der Waals surface area contributed by atoms with Gasteiger partial charge in [0.05, 0.1) is 6.04 Å². The van der Waals surface area contributed by atoms with Crippen molar-refractivity contribution in [3.05, 3.63) is 22.4 Å². The number of amides is 5. The normalized spacial score (nSPS) is 16.4. The highest BCUT2D eigenvalue weighted by atomic mass is 32.1. The summed E-state index contributed by atoms with van der Waals surface area (Å²) in [5.41, 5.74) is 0. The molecule has 1 aliphatic heterocycles. The average molecular weight is 323 g/mol. The van der Waals surface area contributed by atoms with Crippen molar-refractivity contribution in [3.8, 4) is 0 Å². The predicted molar refractivity (Wildman–Crippen MR) is 80.0 cm³/mol. The Morgan fingerprint density at radius 2 is 1.95 bits per heavy atom. The van der Waals surface area contributed by atoms with Crippen LogP contribution in [0.25, 0.3) is 0 Å². The van der Waals surface area contributed by atoms with Gasteiger partial charge in [0, 0.05) is 11.4 Å². The Bertz CT molecular complexity index is 599. The average Bonchev–Trinajstić information content (AvgIpc) is 3.07. The highest BCUT2D eigenvalue weighted by Crippen LogP contribution is 2.18. The standard InChI is InChI=1S/C14H17N3O4S/c1-3-6-16-12(19)13(20)17(14(16)21)8-11(18)15-9(2)10-5-4-7-22-10/h4-5,7,9H,3,6,8H2,1-2H3,(H,15,18)/t9-/m0/s1. The minimum absolute atomic E-state index is 0.174. The zero-order valence-corrected chi connectivity index (χ0v) is 13.2. The van der Waals surface area contributed by atoms with Gasteiger partial charge in [-0.1, -0.05) is 13.0 Å². The van der Waals surface area contributed by atoms with E-state index in [1.807, 2.05) is 24.4 Å². The first-order valence-corrected chi connectivity index (χ1v) is 7.83. The lowest BCUT2D eigenvalue weighted by Crippen LogP contribution is -2.42. The molecule has 1 saturated heterocycles. The molecule has 1 atom stereocenters. The van der Waals surface area contributed by atoms with E-state index in [0.29, 0.717) is 11.3 Å². The molecule has 1 aromatic heterocycles. The highest BCUT2D eigenvalue weighted by molar-refractivity contribution is 7.10. The molecular formula is C14H17N3O4S. The minimum atomic E-state index is -0.947. The summed E-state index contributed by atoms with van der Waals surface area (Å²) in [7, 11) is 0. The van der Waals surface area contributed by atoms with E-state index in [9.17, 15) is 19.2 Å². The first-order valence-electron chi connectivity index (χ1n) is 6.95. The summed E-state index contributed by atoms with van der Waals surface area (Å²) >= 11 is 1.50. The van der Waals surface area contributed by atoms with Gasteiger partial charge in [0.1, 0.15) is 6.54 Å². The van der Waals surface area contributed by atoms with Crippen molar-refractivity contribution in [1.29, 1.82) is 0 Å². The van der Waals surface area contributed by atoms with Crippen LogP contribution in [0.4, 0.5) is 4.79 Å². The molecular weight excluding hydrogens is 306 g/mol. The summed E-state index contributed by atoms with van der Waals surface area (Å²) in [6, 6.07) is 2.81. The fraction of sp³-hybridized carbons (Fsp3) is 0.429. The van der Waals surface area contributed by atoms with Crippen LogP contribution in [0.2, 0.25) is 0 Å². The van der Waals surface area contributed by atoms with Crippen LogP contribution in [0.1, 0.15) is 31.2 Å². The lowest BCUT2D eigenvalue weighted by molar-refractivity contribution is -0.144. The predicted octanol–water partition coefficient (Wildman–Crippen LogP) is 1.13. The zero-order chi connectivity index (χ0) is 16.3. The van der Waals surface area contributed by atoms with Gasteiger partial charge in [-0.2, -0.15) is 0 Å². The van der Waals surface area contributed by atoms with Gasteiger partial charge in [0.15, 0.2) is 0 Å². The lowest BCUT2D eigenvalue weighted by atomic mass is 10.2. The van der Waals surface area contributed by atoms with Crippen LogP contribution in [0.3, 0.4) is 0 Å². The van der Waals surface area contributed by atoms with Crippen LogP contribution < -0.4 is 5.32 Å². The summed E-state index contributed by atoms with van der Waals surface area (Å²) in [4.78, 5) is 50.0. The molecule has 22 heavy (non-hydrogen) atoms. The van der Waals surface area contributed by atoms with E-state index in [1.165, 1.54) is 11.3 Å². The van der Waals surface area contributed by atoms with Gasteiger partial charge in [-0.15, -0.1) is 11.3 Å². The fourth-order valence-electron chi connectivity index (χ4n) is 2.15. The molecule has 0 radical (unpaired) electrons. The van der Waals surface area contributed by atoms with Crippen LogP contribution >= 0.6 is 11.3 Å². The maximum Gasteiger partial charge on any atom is 0.334 e. The molecule has 0 aliphatic carbocycles. The third-order valence-electron chi connectivity index (χ3n) is 3.23. The van der Waals surface area contributed by atoms with Gasteiger partial charge in [0.2, 0.25) is 5.91 Å². The quantitative estimate of drug-likeness (QED) is 0.628. The van der Waals surface area contributed by atoms with Crippen LogP contribution in [-0.4, -0.2) is 46.6 Å². The number of nitrogens with zero attached hydrogens (tertiary/aromatic N) is 2. The third kappa shape index (κ3) is 3.16. The number of hydrogen-bond acceptors (Lipinski definition) is 5. The lowest BCUT2D eigenvalue weighted by Gasteiger charge is -2.16. The number of rotatable bonds is 6. The van der Waals surface area contributed by atoms with E-state index in [1.54, 1.807) is 6.92 Å². The van der Waals surface area contributed by atoms with Crippen molar-refractivity contribution in [2.75, 3.05) is 13.1 Å². The number of carbonyl (C=O) groups is 4. The van der Waals surface area contributed by atoms with Gasteiger partial charge < -0.3 is 5.32 Å². The molecule has 0 spiro atoms. The van der Waals surface area contributed by atoms with Crippen LogP contribution in [0, 0.1) is 0 Å². The molecule has 2 heterocycles. The molecule has 1 fully saturated rings. The SMILES string of the molecule is CCCN1C(=O)C(=O)N(CC(=O)N[C@@H](C)c2cccs2)C1=O. The summed E-state index contributed by atoms with van der Waals surface area (Å²) in [6.45, 7) is 3.33. The molecule has 118 valence electrons. The number of urea groups is 1. The van der Waals surface area contributed by atoms with Gasteiger partial charge in [-0.05, 0) is 24.8 Å². The Kier molecular flexibility index (Phi) is 4.92. The van der Waals surface area contributed by atoms with Gasteiger partial charge in [0.25, 0.3) is 0 Å². The molecule has 1 aromatic rings. The topological polar surface area (TPSA) is 86.8 Å². The maximum absolute atomic E-state index is 12.0. The largest absolute Gasteiger partial charge is 0.347 e. The first-order chi connectivity index (χ1) is 10.5. The number of hydrogen-bond donors (Lipinski definition) is 1. The Morgan fingerprint density at radius 1 is 1.27 bits per heavy atom. The van der Waals surface area contributed by atoms with Crippen LogP contribution in [0.5, 0.6) is 0 Å². The van der Waals surface area contributed by atoms with Crippen LogP contribution in [-0.2, 0) is 14.4 Å². The number of carbonyl (C=O) groups excluding carboxylic acids is 4. The van der Waals surface area contributed by atoms with Crippen molar-refractivity contribution < 1.29 is 19.2 Å². The van der Waals surface area contributed by atoms with Crippen molar-refractivity contribution in [2.24, 2.45) is 0 Å². The molecule has 2 rings (SSSR count). The van der Waals surface area contributed by atoms with Gasteiger partial charge in [-0.25, -0.2) is 9.69 Å². The molecule has 5 amide bonds. The maximum atomic E-state index is 12.0. The van der Waals surface area contributed by atoms with E-state index >= 15 is 0 Å². The Balaban J connectivity index is 1.98. The summed E-state index contributed by atoms with van der Waals surface area (Å²) in [5, 5.41) is 4.60. The van der Waals surface area contributed by atoms with Crippen molar-refractivity contribution >= 4 is 35.1 Å². The molecule has 1 N–H and O–H groups in total. The van der Waals surface area contributed by atoms with Gasteiger partial charge >= 0.3 is 17.8 Å². The monoisotopic (exact) mass is 323 g/mol. The molecule has 7 nitrogen and oxygen atoms in total. The summed E-state index contributed by atoms with van der Waals surface area (Å²) < 4.78 is 0. The Labute approximate surface area is 131 Å². The van der Waals surface area contributed by atoms with Crippen LogP contribution in [0.15, 0.2) is 17.5 Å². The second-order valence-corrected chi connectivity index (χ2v) is 5.91. The first kappa shape index (κ1) is 16.2. The Hall–Kier alpha value is -2.22. The third-order valence-corrected chi connectivity index (χ3v) is 4.29. The van der Waals surface area contributed by atoms with E-state index < -0.39 is 30.3 Å². The van der Waals surface area contributed by atoms with Crippen molar-refractivity contribution in [2.45, 2.75) is 26.3 Å². The van der Waals surface area contributed by atoms with E-state index in [4.69, 9.17) is 0 Å². The van der Waals surface area contributed by atoms with Crippen molar-refractivity contribution in [1.82, 2.24) is 15.1 Å². The second kappa shape index (κ2) is 6.69. The summed E-state index contributed by atoms with van der Waals surface area (Å²) in [6.07, 6.45) is 0.556. The zero-order valence-electron chi connectivity index (χ0n) is 12.4. The molecule has 0 unspecified atom stereocenters. The molecule has 8 heteroatoms. The Morgan fingerprint density at radius 3 is 2.55 bits per heavy atom. The van der Waals surface area contributed by atoms with E-state index in [2.05, 4.69) is 5.32 Å². The second-order valence-electron chi connectivity index (χ2n) is 4.94. The van der Waals surface area contributed by atoms with E-state index in [0.717, 1.165) is 9.78 Å². The number of imide groups is 2. The molecule has 0 saturated carbocycles. The number of thiophene rings is 1. The molecule has 0 aromatic carbocycles. The minimum Gasteiger partial charge on any atom is -0.347 e. The molecule has 0 bridgehead atoms. The number of nitrogens with one attached hydrogen (secondary N) is 1.